The first-order valence-corrected chi connectivity index (χ1v) is 5.21. The highest BCUT2D eigenvalue weighted by Crippen LogP contribution is 1.89. The summed E-state index contributed by atoms with van der Waals surface area (Å²) in [6, 6.07) is 0. The van der Waals surface area contributed by atoms with Crippen LogP contribution in [0, 0.1) is 5.92 Å². The van der Waals surface area contributed by atoms with E-state index in [-0.39, 0.29) is 12.5 Å². The molecule has 0 atom stereocenters. The molecule has 0 heterocycles. The predicted molar refractivity (Wildman–Crippen MR) is 47.3 cm³/mol. The summed E-state index contributed by atoms with van der Waals surface area (Å²) < 4.78 is 29.9. The van der Waals surface area contributed by atoms with E-state index >= 15 is 0 Å². The number of amides is 1. The highest BCUT2D eigenvalue weighted by molar-refractivity contribution is 7.88. The van der Waals surface area contributed by atoms with Crippen LogP contribution in [0.3, 0.4) is 0 Å². The lowest BCUT2D eigenvalue weighted by Gasteiger charge is -2.08. The SMILES string of the molecule is COC(=O)NS(=O)(=O)NCC(C)C. The quantitative estimate of drug-likeness (QED) is 0.675. The van der Waals surface area contributed by atoms with Crippen LogP contribution < -0.4 is 9.44 Å². The molecule has 0 bridgehead atoms. The van der Waals surface area contributed by atoms with E-state index in [4.69, 9.17) is 0 Å². The van der Waals surface area contributed by atoms with Crippen LogP contribution >= 0.6 is 0 Å². The van der Waals surface area contributed by atoms with Crippen molar-refractivity contribution < 1.29 is 17.9 Å². The molecule has 0 unspecified atom stereocenters. The van der Waals surface area contributed by atoms with Gasteiger partial charge >= 0.3 is 16.3 Å². The van der Waals surface area contributed by atoms with Crippen LogP contribution in [0.15, 0.2) is 0 Å². The first kappa shape index (κ1) is 12.2. The zero-order valence-electron chi connectivity index (χ0n) is 7.83. The lowest BCUT2D eigenvalue weighted by molar-refractivity contribution is 0.177. The lowest BCUT2D eigenvalue weighted by atomic mass is 10.2. The van der Waals surface area contributed by atoms with Crippen molar-refractivity contribution in [2.75, 3.05) is 13.7 Å². The molecule has 0 fully saturated rings. The molecule has 78 valence electrons. The van der Waals surface area contributed by atoms with Gasteiger partial charge in [-0.3, -0.25) is 0 Å². The number of hydrogen-bond donors (Lipinski definition) is 2. The van der Waals surface area contributed by atoms with Crippen molar-refractivity contribution in [1.82, 2.24) is 9.44 Å². The lowest BCUT2D eigenvalue weighted by Crippen LogP contribution is -2.41. The Morgan fingerprint density at radius 1 is 1.46 bits per heavy atom. The van der Waals surface area contributed by atoms with Gasteiger partial charge in [0.15, 0.2) is 0 Å². The molecule has 0 aromatic rings. The highest BCUT2D eigenvalue weighted by Gasteiger charge is 2.13. The number of nitrogens with one attached hydrogen (secondary N) is 2. The molecule has 13 heavy (non-hydrogen) atoms. The Labute approximate surface area is 77.8 Å². The third-order valence-corrected chi connectivity index (χ3v) is 2.07. The summed E-state index contributed by atoms with van der Waals surface area (Å²) in [5, 5.41) is 0. The second-order valence-corrected chi connectivity index (χ2v) is 4.34. The number of methoxy groups -OCH3 is 1. The summed E-state index contributed by atoms with van der Waals surface area (Å²) in [5.74, 6) is 0.175. The van der Waals surface area contributed by atoms with E-state index < -0.39 is 16.3 Å². The number of carbonyl (C=O) groups excluding carboxylic acids is 1. The first-order chi connectivity index (χ1) is 5.87. The van der Waals surface area contributed by atoms with Crippen molar-refractivity contribution in [1.29, 1.82) is 0 Å². The van der Waals surface area contributed by atoms with Gasteiger partial charge in [0, 0.05) is 6.54 Å². The van der Waals surface area contributed by atoms with E-state index in [0.29, 0.717) is 0 Å². The van der Waals surface area contributed by atoms with Crippen molar-refractivity contribution in [2.24, 2.45) is 5.92 Å². The molecule has 0 aliphatic rings. The molecule has 2 N–H and O–H groups in total. The maximum absolute atomic E-state index is 11.0. The van der Waals surface area contributed by atoms with Crippen molar-refractivity contribution in [3.63, 3.8) is 0 Å². The van der Waals surface area contributed by atoms with Gasteiger partial charge in [-0.2, -0.15) is 13.1 Å². The van der Waals surface area contributed by atoms with E-state index in [1.54, 1.807) is 4.72 Å². The van der Waals surface area contributed by atoms with Crippen molar-refractivity contribution in [3.8, 4) is 0 Å². The molecular formula is C6H14N2O4S. The van der Waals surface area contributed by atoms with Crippen molar-refractivity contribution in [3.05, 3.63) is 0 Å². The molecule has 0 saturated heterocycles. The van der Waals surface area contributed by atoms with Crippen LogP contribution in [-0.2, 0) is 14.9 Å². The molecule has 0 saturated carbocycles. The minimum Gasteiger partial charge on any atom is -0.452 e. The maximum Gasteiger partial charge on any atom is 0.421 e. The molecule has 1 amide bonds. The molecule has 0 spiro atoms. The molecule has 0 radical (unpaired) electrons. The Balaban J connectivity index is 4.02. The standard InChI is InChI=1S/C6H14N2O4S/c1-5(2)4-7-13(10,11)8-6(9)12-3/h5,7H,4H2,1-3H3,(H,8,9). The van der Waals surface area contributed by atoms with Crippen molar-refractivity contribution in [2.45, 2.75) is 13.8 Å². The molecular weight excluding hydrogens is 196 g/mol. The van der Waals surface area contributed by atoms with Crippen LogP contribution in [0.1, 0.15) is 13.8 Å². The predicted octanol–water partition coefficient (Wildman–Crippen LogP) is -0.167. The monoisotopic (exact) mass is 210 g/mol. The molecule has 7 heteroatoms. The van der Waals surface area contributed by atoms with E-state index in [1.807, 2.05) is 13.8 Å². The van der Waals surface area contributed by atoms with Gasteiger partial charge < -0.3 is 4.74 Å². The Morgan fingerprint density at radius 3 is 2.38 bits per heavy atom. The second kappa shape index (κ2) is 5.03. The first-order valence-electron chi connectivity index (χ1n) is 3.72. The van der Waals surface area contributed by atoms with Gasteiger partial charge in [-0.25, -0.2) is 9.52 Å². The van der Waals surface area contributed by atoms with Crippen LogP contribution in [0.2, 0.25) is 0 Å². The smallest absolute Gasteiger partial charge is 0.421 e. The largest absolute Gasteiger partial charge is 0.452 e. The van der Waals surface area contributed by atoms with E-state index in [1.165, 1.54) is 0 Å². The topological polar surface area (TPSA) is 84.5 Å². The van der Waals surface area contributed by atoms with Gasteiger partial charge in [-0.15, -0.1) is 0 Å². The third kappa shape index (κ3) is 6.35. The van der Waals surface area contributed by atoms with Gasteiger partial charge in [0.25, 0.3) is 0 Å². The normalized spacial score (nSPS) is 11.4. The summed E-state index contributed by atoms with van der Waals surface area (Å²) in [5.41, 5.74) is 0. The summed E-state index contributed by atoms with van der Waals surface area (Å²) in [4.78, 5) is 10.5. The third-order valence-electron chi connectivity index (χ3n) is 1.08. The Kier molecular flexibility index (Phi) is 4.71. The molecule has 0 aliphatic carbocycles. The molecule has 0 aromatic carbocycles. The zero-order valence-corrected chi connectivity index (χ0v) is 8.64. The molecule has 0 rings (SSSR count). The average Bonchev–Trinajstić information content (AvgIpc) is 2.00. The Morgan fingerprint density at radius 2 is 2.00 bits per heavy atom. The van der Waals surface area contributed by atoms with Gasteiger partial charge in [0.1, 0.15) is 0 Å². The number of carbonyl (C=O) groups is 1. The number of ether oxygens (including phenoxy) is 1. The average molecular weight is 210 g/mol. The summed E-state index contributed by atoms with van der Waals surface area (Å²) in [7, 11) is -2.67. The highest BCUT2D eigenvalue weighted by atomic mass is 32.2. The Bertz CT molecular complexity index is 260. The molecule has 0 aliphatic heterocycles. The summed E-state index contributed by atoms with van der Waals surface area (Å²) in [6.45, 7) is 3.97. The maximum atomic E-state index is 11.0. The van der Waals surface area contributed by atoms with Crippen LogP contribution in [0.4, 0.5) is 4.79 Å². The minimum absolute atomic E-state index is 0.175. The molecule has 6 nitrogen and oxygen atoms in total. The summed E-state index contributed by atoms with van der Waals surface area (Å²) >= 11 is 0. The number of hydrogen-bond acceptors (Lipinski definition) is 4. The van der Waals surface area contributed by atoms with E-state index in [9.17, 15) is 13.2 Å². The van der Waals surface area contributed by atoms with Crippen molar-refractivity contribution >= 4 is 16.3 Å². The van der Waals surface area contributed by atoms with Gasteiger partial charge in [-0.1, -0.05) is 13.8 Å². The van der Waals surface area contributed by atoms with Crippen LogP contribution in [0.5, 0.6) is 0 Å². The fraction of sp³-hybridized carbons (Fsp3) is 0.833. The summed E-state index contributed by atoms with van der Waals surface area (Å²) in [6.07, 6.45) is -1.00. The zero-order chi connectivity index (χ0) is 10.5. The Hall–Kier alpha value is -0.820. The van der Waals surface area contributed by atoms with Crippen LogP contribution in [-0.4, -0.2) is 28.2 Å². The van der Waals surface area contributed by atoms with Gasteiger partial charge in [-0.05, 0) is 5.92 Å². The van der Waals surface area contributed by atoms with Gasteiger partial charge in [0.2, 0.25) is 0 Å². The number of rotatable bonds is 4. The van der Waals surface area contributed by atoms with Crippen LogP contribution in [0.25, 0.3) is 0 Å². The van der Waals surface area contributed by atoms with E-state index in [2.05, 4.69) is 9.46 Å². The molecule has 0 aromatic heterocycles. The fourth-order valence-electron chi connectivity index (χ4n) is 0.464. The fourth-order valence-corrected chi connectivity index (χ4v) is 1.39. The minimum atomic E-state index is -3.76. The van der Waals surface area contributed by atoms with E-state index in [0.717, 1.165) is 7.11 Å². The van der Waals surface area contributed by atoms with Gasteiger partial charge in [0.05, 0.1) is 7.11 Å². The second-order valence-electron chi connectivity index (χ2n) is 2.84.